The van der Waals surface area contributed by atoms with E-state index in [4.69, 9.17) is 9.15 Å². The quantitative estimate of drug-likeness (QED) is 0.661. The summed E-state index contributed by atoms with van der Waals surface area (Å²) >= 11 is 0. The number of furan rings is 1. The zero-order valence-electron chi connectivity index (χ0n) is 10.5. The zero-order chi connectivity index (χ0) is 13.8. The Morgan fingerprint density at radius 2 is 2.26 bits per heavy atom. The van der Waals surface area contributed by atoms with E-state index in [9.17, 15) is 14.7 Å². The number of phenolic OH excluding ortho intramolecular Hbond substituents is 1. The largest absolute Gasteiger partial charge is 0.507 e. The van der Waals surface area contributed by atoms with Crippen molar-refractivity contribution in [2.75, 3.05) is 6.61 Å². The molecule has 0 spiro atoms. The van der Waals surface area contributed by atoms with Gasteiger partial charge in [-0.25, -0.2) is 0 Å². The molecule has 2 rings (SSSR count). The van der Waals surface area contributed by atoms with Crippen molar-refractivity contribution >= 4 is 23.2 Å². The molecule has 2 aromatic rings. The van der Waals surface area contributed by atoms with Crippen LogP contribution in [0.3, 0.4) is 0 Å². The number of aryl methyl sites for hydroxylation is 1. The van der Waals surface area contributed by atoms with E-state index >= 15 is 0 Å². The summed E-state index contributed by atoms with van der Waals surface area (Å²) in [7, 11) is 0. The van der Waals surface area contributed by atoms with E-state index in [2.05, 4.69) is 0 Å². The first kappa shape index (κ1) is 13.1. The van der Waals surface area contributed by atoms with Crippen LogP contribution in [0.5, 0.6) is 5.75 Å². The lowest BCUT2D eigenvalue weighted by Gasteiger charge is -1.99. The number of carbonyl (C=O) groups is 2. The normalized spacial score (nSPS) is 10.6. The van der Waals surface area contributed by atoms with Crippen LogP contribution in [0.25, 0.3) is 11.0 Å². The fourth-order valence-electron chi connectivity index (χ4n) is 1.86. The van der Waals surface area contributed by atoms with Gasteiger partial charge in [0.1, 0.15) is 17.1 Å². The van der Waals surface area contributed by atoms with Crippen LogP contribution in [0.1, 0.15) is 29.5 Å². The van der Waals surface area contributed by atoms with Gasteiger partial charge < -0.3 is 14.3 Å². The number of phenols is 1. The lowest BCUT2D eigenvalue weighted by Crippen LogP contribution is -2.04. The van der Waals surface area contributed by atoms with Crippen LogP contribution in [0.15, 0.2) is 22.6 Å². The van der Waals surface area contributed by atoms with Gasteiger partial charge in [-0.1, -0.05) is 0 Å². The number of ether oxygens (including phenoxy) is 1. The minimum Gasteiger partial charge on any atom is -0.507 e. The first-order valence-corrected chi connectivity index (χ1v) is 6.01. The van der Waals surface area contributed by atoms with E-state index in [-0.39, 0.29) is 18.1 Å². The maximum Gasteiger partial charge on any atom is 0.306 e. The molecule has 0 aliphatic heterocycles. The lowest BCUT2D eigenvalue weighted by molar-refractivity contribution is -0.143. The van der Waals surface area contributed by atoms with Crippen molar-refractivity contribution in [3.63, 3.8) is 0 Å². The highest BCUT2D eigenvalue weighted by Crippen LogP contribution is 2.30. The van der Waals surface area contributed by atoms with Gasteiger partial charge in [-0.05, 0) is 25.1 Å². The highest BCUT2D eigenvalue weighted by molar-refractivity contribution is 5.97. The van der Waals surface area contributed by atoms with E-state index in [1.54, 1.807) is 13.0 Å². The molecule has 5 heteroatoms. The minimum atomic E-state index is -0.303. The molecular weight excluding hydrogens is 248 g/mol. The van der Waals surface area contributed by atoms with Crippen molar-refractivity contribution < 1.29 is 23.8 Å². The van der Waals surface area contributed by atoms with Crippen molar-refractivity contribution in [1.29, 1.82) is 0 Å². The van der Waals surface area contributed by atoms with Crippen molar-refractivity contribution in [1.82, 2.24) is 0 Å². The molecule has 0 bridgehead atoms. The predicted octanol–water partition coefficient (Wildman–Crippen LogP) is 2.45. The van der Waals surface area contributed by atoms with Crippen LogP contribution in [-0.2, 0) is 16.0 Å². The molecule has 100 valence electrons. The van der Waals surface area contributed by atoms with Gasteiger partial charge in [0.2, 0.25) is 0 Å². The zero-order valence-corrected chi connectivity index (χ0v) is 10.5. The minimum absolute atomic E-state index is 0.0479. The Labute approximate surface area is 109 Å². The summed E-state index contributed by atoms with van der Waals surface area (Å²) in [5.74, 6) is 0.280. The predicted molar refractivity (Wildman–Crippen MR) is 68.2 cm³/mol. The van der Waals surface area contributed by atoms with Crippen LogP contribution in [0, 0.1) is 0 Å². The van der Waals surface area contributed by atoms with E-state index in [1.165, 1.54) is 12.1 Å². The van der Waals surface area contributed by atoms with Crippen LogP contribution in [0.4, 0.5) is 0 Å². The first-order chi connectivity index (χ1) is 9.15. The van der Waals surface area contributed by atoms with Gasteiger partial charge in [-0.2, -0.15) is 0 Å². The number of carbonyl (C=O) groups excluding carboxylic acids is 2. The summed E-state index contributed by atoms with van der Waals surface area (Å²) in [5.41, 5.74) is 0.712. The average molecular weight is 262 g/mol. The molecule has 0 aliphatic rings. The summed E-state index contributed by atoms with van der Waals surface area (Å²) in [6.07, 6.45) is 1.23. The van der Waals surface area contributed by atoms with Gasteiger partial charge in [-0.15, -0.1) is 0 Å². The molecule has 0 atom stereocenters. The summed E-state index contributed by atoms with van der Waals surface area (Å²) < 4.78 is 10.3. The van der Waals surface area contributed by atoms with E-state index in [1.807, 2.05) is 0 Å². The van der Waals surface area contributed by atoms with Crippen molar-refractivity contribution in [3.8, 4) is 5.75 Å². The number of aromatic hydroxyl groups is 1. The molecule has 0 unspecified atom stereocenters. The second kappa shape index (κ2) is 5.56. The Morgan fingerprint density at radius 3 is 2.95 bits per heavy atom. The molecule has 5 nitrogen and oxygen atoms in total. The molecule has 0 saturated carbocycles. The maximum absolute atomic E-state index is 11.3. The fraction of sp³-hybridized carbons (Fsp3) is 0.286. The molecule has 0 radical (unpaired) electrons. The molecule has 19 heavy (non-hydrogen) atoms. The summed E-state index contributed by atoms with van der Waals surface area (Å²) in [6.45, 7) is 2.09. The molecule has 1 heterocycles. The Morgan fingerprint density at radius 1 is 1.47 bits per heavy atom. The summed E-state index contributed by atoms with van der Waals surface area (Å²) in [5, 5.41) is 10.2. The summed E-state index contributed by atoms with van der Waals surface area (Å²) in [6, 6.07) is 4.57. The lowest BCUT2D eigenvalue weighted by atomic mass is 10.1. The molecule has 0 fully saturated rings. The van der Waals surface area contributed by atoms with Crippen LogP contribution in [-0.4, -0.2) is 24.0 Å². The first-order valence-electron chi connectivity index (χ1n) is 6.01. The number of rotatable bonds is 5. The van der Waals surface area contributed by atoms with Gasteiger partial charge in [0.05, 0.1) is 24.0 Å². The van der Waals surface area contributed by atoms with Crippen molar-refractivity contribution in [2.45, 2.75) is 19.8 Å². The number of esters is 1. The second-order valence-electron chi connectivity index (χ2n) is 4.05. The third-order valence-corrected chi connectivity index (χ3v) is 2.75. The third-order valence-electron chi connectivity index (χ3n) is 2.75. The second-order valence-corrected chi connectivity index (χ2v) is 4.05. The average Bonchev–Trinajstić information content (AvgIpc) is 2.82. The molecular formula is C14H14O5. The van der Waals surface area contributed by atoms with Crippen LogP contribution >= 0.6 is 0 Å². The van der Waals surface area contributed by atoms with Gasteiger partial charge in [-0.3, -0.25) is 9.59 Å². The molecule has 1 aromatic heterocycles. The topological polar surface area (TPSA) is 76.7 Å². The molecule has 0 amide bonds. The molecule has 1 N–H and O–H groups in total. The Kier molecular flexibility index (Phi) is 3.85. The van der Waals surface area contributed by atoms with E-state index < -0.39 is 0 Å². The number of fused-ring (bicyclic) bond motifs is 1. The monoisotopic (exact) mass is 262 g/mol. The Balaban J connectivity index is 2.24. The highest BCUT2D eigenvalue weighted by Gasteiger charge is 2.13. The highest BCUT2D eigenvalue weighted by atomic mass is 16.5. The molecule has 0 saturated heterocycles. The molecule has 1 aromatic carbocycles. The van der Waals surface area contributed by atoms with Gasteiger partial charge in [0, 0.05) is 6.42 Å². The number of hydrogen-bond donors (Lipinski definition) is 1. The van der Waals surface area contributed by atoms with Crippen LogP contribution in [0.2, 0.25) is 0 Å². The fourth-order valence-corrected chi connectivity index (χ4v) is 1.86. The number of hydrogen-bond acceptors (Lipinski definition) is 5. The van der Waals surface area contributed by atoms with Gasteiger partial charge >= 0.3 is 5.97 Å². The van der Waals surface area contributed by atoms with Gasteiger partial charge in [0.15, 0.2) is 6.29 Å². The molecule has 0 aliphatic carbocycles. The van der Waals surface area contributed by atoms with Crippen molar-refractivity contribution in [2.24, 2.45) is 0 Å². The third kappa shape index (κ3) is 2.76. The Hall–Kier alpha value is -2.30. The SMILES string of the molecule is CCOC(=O)CCc1cc2c(O)ccc(C=O)c2o1. The van der Waals surface area contributed by atoms with Gasteiger partial charge in [0.25, 0.3) is 0 Å². The van der Waals surface area contributed by atoms with Crippen molar-refractivity contribution in [3.05, 3.63) is 29.5 Å². The van der Waals surface area contributed by atoms with E-state index in [0.717, 1.165) is 0 Å². The number of benzene rings is 1. The smallest absolute Gasteiger partial charge is 0.306 e. The maximum atomic E-state index is 11.3. The standard InChI is InChI=1S/C14H14O5/c1-2-18-13(17)6-4-10-7-11-12(16)5-3-9(8-15)14(11)19-10/h3,5,7-8,16H,2,4,6H2,1H3. The van der Waals surface area contributed by atoms with Crippen LogP contribution < -0.4 is 0 Å². The number of aldehydes is 1. The van der Waals surface area contributed by atoms with E-state index in [0.29, 0.717) is 41.6 Å². The summed E-state index contributed by atoms with van der Waals surface area (Å²) in [4.78, 5) is 22.1. The Bertz CT molecular complexity index is 612.